The summed E-state index contributed by atoms with van der Waals surface area (Å²) in [6.07, 6.45) is 1.79. The third-order valence-electron chi connectivity index (χ3n) is 2.23. The molecule has 108 valence electrons. The van der Waals surface area contributed by atoms with Gasteiger partial charge in [0.05, 0.1) is 0 Å². The largest absolute Gasteiger partial charge is 0.350 e. The van der Waals surface area contributed by atoms with Crippen molar-refractivity contribution in [3.63, 3.8) is 0 Å². The highest BCUT2D eigenvalue weighted by Gasteiger charge is 2.19. The molecule has 8 heteroatoms. The van der Waals surface area contributed by atoms with Gasteiger partial charge in [-0.25, -0.2) is 13.4 Å². The molecule has 1 heterocycles. The molecule has 0 aliphatic heterocycles. The zero-order chi connectivity index (χ0) is 14.8. The lowest BCUT2D eigenvalue weighted by Gasteiger charge is -2.20. The van der Waals surface area contributed by atoms with Gasteiger partial charge in [-0.3, -0.25) is 4.79 Å². The second-order valence-electron chi connectivity index (χ2n) is 5.21. The summed E-state index contributed by atoms with van der Waals surface area (Å²) < 4.78 is 23.9. The Hall–Kier alpha value is -1.08. The van der Waals surface area contributed by atoms with Crippen LogP contribution in [0.15, 0.2) is 11.2 Å². The van der Waals surface area contributed by atoms with Gasteiger partial charge in [0.1, 0.15) is 12.4 Å². The first-order valence-corrected chi connectivity index (χ1v) is 8.15. The highest BCUT2D eigenvalue weighted by Crippen LogP contribution is 2.15. The Morgan fingerprint density at radius 2 is 2.05 bits per heavy atom. The molecule has 0 unspecified atom stereocenters. The lowest BCUT2D eigenvalue weighted by atomic mass is 10.1. The van der Waals surface area contributed by atoms with Crippen LogP contribution in [-0.2, 0) is 26.8 Å². The summed E-state index contributed by atoms with van der Waals surface area (Å²) in [4.78, 5) is 15.7. The molecule has 0 radical (unpaired) electrons. The molecule has 1 rings (SSSR count). The van der Waals surface area contributed by atoms with Gasteiger partial charge in [0.25, 0.3) is 9.05 Å². The fourth-order valence-electron chi connectivity index (χ4n) is 1.58. The van der Waals surface area contributed by atoms with Crippen molar-refractivity contribution in [1.82, 2.24) is 14.9 Å². The molecule has 19 heavy (non-hydrogen) atoms. The normalized spacial score (nSPS) is 12.5. The van der Waals surface area contributed by atoms with E-state index in [1.807, 2.05) is 27.7 Å². The average molecular weight is 308 g/mol. The lowest BCUT2D eigenvalue weighted by molar-refractivity contribution is -0.123. The van der Waals surface area contributed by atoms with E-state index in [9.17, 15) is 13.2 Å². The quantitative estimate of drug-likeness (QED) is 0.850. The Balaban J connectivity index is 2.95. The topological polar surface area (TPSA) is 81.1 Å². The average Bonchev–Trinajstić information content (AvgIpc) is 2.57. The van der Waals surface area contributed by atoms with Crippen LogP contribution in [-0.4, -0.2) is 29.4 Å². The molecule has 0 saturated carbocycles. The molecule has 1 amide bonds. The molecule has 1 aromatic heterocycles. The third kappa shape index (κ3) is 4.83. The van der Waals surface area contributed by atoms with Crippen molar-refractivity contribution >= 4 is 25.6 Å². The Kier molecular flexibility index (Phi) is 4.63. The SMILES string of the molecule is CCc1nc(S(=O)(=O)Cl)cn1CC(=O)NC(C)(C)C. The standard InChI is InChI=1S/C11H18ClN3O3S/c1-5-8-13-10(19(12,17)18)7-15(8)6-9(16)14-11(2,3)4/h7H,5-6H2,1-4H3,(H,14,16). The van der Waals surface area contributed by atoms with Gasteiger partial charge < -0.3 is 9.88 Å². The number of carbonyl (C=O) groups is 1. The number of hydrogen-bond donors (Lipinski definition) is 1. The van der Waals surface area contributed by atoms with Gasteiger partial charge in [0.2, 0.25) is 5.91 Å². The van der Waals surface area contributed by atoms with Gasteiger partial charge in [0, 0.05) is 28.8 Å². The van der Waals surface area contributed by atoms with Gasteiger partial charge in [-0.2, -0.15) is 0 Å². The Labute approximate surface area is 117 Å². The van der Waals surface area contributed by atoms with E-state index < -0.39 is 9.05 Å². The number of nitrogens with one attached hydrogen (secondary N) is 1. The number of carbonyl (C=O) groups excluding carboxylic acids is 1. The molecule has 0 spiro atoms. The Bertz CT molecular complexity index is 572. The predicted molar refractivity (Wildman–Crippen MR) is 72.5 cm³/mol. The number of imidazole rings is 1. The van der Waals surface area contributed by atoms with Crippen molar-refractivity contribution in [3.05, 3.63) is 12.0 Å². The first kappa shape index (κ1) is 16.0. The molecule has 0 saturated heterocycles. The smallest absolute Gasteiger partial charge is 0.280 e. The second-order valence-corrected chi connectivity index (χ2v) is 7.73. The molecule has 0 fully saturated rings. The minimum absolute atomic E-state index is 0.0137. The van der Waals surface area contributed by atoms with Gasteiger partial charge in [-0.1, -0.05) is 6.92 Å². The maximum Gasteiger partial charge on any atom is 0.280 e. The van der Waals surface area contributed by atoms with E-state index in [0.717, 1.165) is 0 Å². The maximum absolute atomic E-state index is 11.8. The molecule has 0 aliphatic carbocycles. The number of rotatable bonds is 4. The van der Waals surface area contributed by atoms with E-state index >= 15 is 0 Å². The van der Waals surface area contributed by atoms with Crippen molar-refractivity contribution < 1.29 is 13.2 Å². The van der Waals surface area contributed by atoms with E-state index in [2.05, 4.69) is 10.3 Å². The van der Waals surface area contributed by atoms with Crippen LogP contribution in [0, 0.1) is 0 Å². The first-order valence-electron chi connectivity index (χ1n) is 5.84. The van der Waals surface area contributed by atoms with Gasteiger partial charge in [0.15, 0.2) is 5.03 Å². The van der Waals surface area contributed by atoms with E-state index in [-0.39, 0.29) is 23.0 Å². The molecular formula is C11H18ClN3O3S. The summed E-state index contributed by atoms with van der Waals surface area (Å²) in [5.41, 5.74) is -0.342. The monoisotopic (exact) mass is 307 g/mol. The zero-order valence-corrected chi connectivity index (χ0v) is 13.0. The number of aromatic nitrogens is 2. The van der Waals surface area contributed by atoms with Crippen molar-refractivity contribution in [3.8, 4) is 0 Å². The highest BCUT2D eigenvalue weighted by molar-refractivity contribution is 8.13. The van der Waals surface area contributed by atoms with E-state index in [1.54, 1.807) is 0 Å². The van der Waals surface area contributed by atoms with Crippen LogP contribution >= 0.6 is 10.7 Å². The summed E-state index contributed by atoms with van der Waals surface area (Å²) in [5, 5.41) is 2.57. The number of aryl methyl sites for hydroxylation is 1. The molecule has 1 aromatic rings. The van der Waals surface area contributed by atoms with Gasteiger partial charge in [-0.05, 0) is 20.8 Å². The minimum Gasteiger partial charge on any atom is -0.350 e. The third-order valence-corrected chi connectivity index (χ3v) is 3.40. The summed E-state index contributed by atoms with van der Waals surface area (Å²) >= 11 is 0. The van der Waals surface area contributed by atoms with Crippen LogP contribution in [0.4, 0.5) is 0 Å². The van der Waals surface area contributed by atoms with Crippen molar-refractivity contribution in [2.24, 2.45) is 0 Å². The van der Waals surface area contributed by atoms with Crippen molar-refractivity contribution in [2.45, 2.75) is 51.2 Å². The molecule has 6 nitrogen and oxygen atoms in total. The zero-order valence-electron chi connectivity index (χ0n) is 11.4. The van der Waals surface area contributed by atoms with Crippen LogP contribution in [0.1, 0.15) is 33.5 Å². The van der Waals surface area contributed by atoms with Crippen LogP contribution in [0.25, 0.3) is 0 Å². The number of hydrogen-bond acceptors (Lipinski definition) is 4. The Morgan fingerprint density at radius 1 is 1.47 bits per heavy atom. The van der Waals surface area contributed by atoms with E-state index in [0.29, 0.717) is 12.2 Å². The molecule has 0 aliphatic rings. The molecular weight excluding hydrogens is 290 g/mol. The minimum atomic E-state index is -3.88. The fraction of sp³-hybridized carbons (Fsp3) is 0.636. The summed E-state index contributed by atoms with van der Waals surface area (Å²) in [6, 6.07) is 0. The molecule has 0 atom stereocenters. The van der Waals surface area contributed by atoms with E-state index in [4.69, 9.17) is 10.7 Å². The van der Waals surface area contributed by atoms with Crippen LogP contribution in [0.2, 0.25) is 0 Å². The maximum atomic E-state index is 11.8. The number of amides is 1. The van der Waals surface area contributed by atoms with Gasteiger partial charge >= 0.3 is 0 Å². The fourth-order valence-corrected chi connectivity index (χ4v) is 2.27. The summed E-state index contributed by atoms with van der Waals surface area (Å²) in [7, 11) is 1.36. The molecule has 1 N–H and O–H groups in total. The van der Waals surface area contributed by atoms with Crippen molar-refractivity contribution in [1.29, 1.82) is 0 Å². The van der Waals surface area contributed by atoms with Crippen molar-refractivity contribution in [2.75, 3.05) is 0 Å². The van der Waals surface area contributed by atoms with Crippen LogP contribution in [0.5, 0.6) is 0 Å². The van der Waals surface area contributed by atoms with Gasteiger partial charge in [-0.15, -0.1) is 0 Å². The number of halogens is 1. The summed E-state index contributed by atoms with van der Waals surface area (Å²) in [5.74, 6) is 0.293. The lowest BCUT2D eigenvalue weighted by Crippen LogP contribution is -2.42. The molecule has 0 bridgehead atoms. The second kappa shape index (κ2) is 5.50. The van der Waals surface area contributed by atoms with E-state index in [1.165, 1.54) is 10.8 Å². The highest BCUT2D eigenvalue weighted by atomic mass is 35.7. The summed E-state index contributed by atoms with van der Waals surface area (Å²) in [6.45, 7) is 7.45. The molecule has 0 aromatic carbocycles. The Morgan fingerprint density at radius 3 is 2.47 bits per heavy atom. The predicted octanol–water partition coefficient (Wildman–Crippen LogP) is 1.29. The van der Waals surface area contributed by atoms with Crippen LogP contribution in [0.3, 0.4) is 0 Å². The van der Waals surface area contributed by atoms with Crippen LogP contribution < -0.4 is 5.32 Å². The first-order chi connectivity index (χ1) is 8.53. The number of nitrogens with zero attached hydrogens (tertiary/aromatic N) is 2.